The van der Waals surface area contributed by atoms with Crippen molar-refractivity contribution in [1.29, 1.82) is 0 Å². The van der Waals surface area contributed by atoms with Crippen LogP contribution in [0.15, 0.2) is 30.3 Å². The van der Waals surface area contributed by atoms with Gasteiger partial charge in [-0.1, -0.05) is 160 Å². The summed E-state index contributed by atoms with van der Waals surface area (Å²) in [5, 5.41) is 0. The molecule has 1 aromatic carbocycles. The molecule has 186 valence electrons. The van der Waals surface area contributed by atoms with E-state index >= 15 is 0 Å². The van der Waals surface area contributed by atoms with E-state index in [4.69, 9.17) is 11.6 Å². The van der Waals surface area contributed by atoms with Crippen molar-refractivity contribution in [3.63, 3.8) is 0 Å². The zero-order valence-corrected chi connectivity index (χ0v) is 22.6. The van der Waals surface area contributed by atoms with Crippen LogP contribution < -0.4 is 0 Å². The Morgan fingerprint density at radius 2 is 0.844 bits per heavy atom. The Morgan fingerprint density at radius 3 is 1.22 bits per heavy atom. The van der Waals surface area contributed by atoms with Crippen molar-refractivity contribution in [3.05, 3.63) is 35.9 Å². The van der Waals surface area contributed by atoms with Crippen LogP contribution in [0.5, 0.6) is 0 Å². The van der Waals surface area contributed by atoms with Gasteiger partial charge in [0.25, 0.3) is 0 Å². The quantitative estimate of drug-likeness (QED) is 0.112. The summed E-state index contributed by atoms with van der Waals surface area (Å²) in [4.78, 5) is 0. The Balaban J connectivity index is 1.76. The lowest BCUT2D eigenvalue weighted by atomic mass is 9.81. The first-order valence-electron chi connectivity index (χ1n) is 14.2. The van der Waals surface area contributed by atoms with Crippen LogP contribution in [-0.2, 0) is 6.42 Å². The molecule has 0 atom stereocenters. The van der Waals surface area contributed by atoms with E-state index in [1.807, 2.05) is 0 Å². The summed E-state index contributed by atoms with van der Waals surface area (Å²) in [5.41, 5.74) is 1.92. The van der Waals surface area contributed by atoms with Gasteiger partial charge in [0, 0.05) is 5.88 Å². The highest BCUT2D eigenvalue weighted by Gasteiger charge is 2.17. The van der Waals surface area contributed by atoms with Crippen LogP contribution >= 0.6 is 11.6 Å². The molecule has 0 aliphatic rings. The van der Waals surface area contributed by atoms with Gasteiger partial charge in [-0.15, -0.1) is 11.6 Å². The van der Waals surface area contributed by atoms with E-state index < -0.39 is 0 Å². The maximum atomic E-state index is 5.71. The minimum atomic E-state index is 0.436. The third kappa shape index (κ3) is 19.0. The third-order valence-electron chi connectivity index (χ3n) is 7.01. The molecule has 0 heterocycles. The number of unbranched alkanes of at least 4 members (excludes halogenated alkanes) is 18. The molecular formula is C31H55Cl. The number of hydrogen-bond donors (Lipinski definition) is 0. The Bertz CT molecular complexity index is 492. The minimum Gasteiger partial charge on any atom is -0.127 e. The number of hydrogen-bond acceptors (Lipinski definition) is 0. The van der Waals surface area contributed by atoms with Gasteiger partial charge in [-0.3, -0.25) is 0 Å². The number of alkyl halides is 1. The lowest BCUT2D eigenvalue weighted by Crippen LogP contribution is -2.14. The maximum Gasteiger partial charge on any atom is 0.0223 e. The Hall–Kier alpha value is -0.490. The number of rotatable bonds is 23. The van der Waals surface area contributed by atoms with Crippen molar-refractivity contribution in [2.45, 2.75) is 149 Å². The average molecular weight is 463 g/mol. The van der Waals surface area contributed by atoms with Gasteiger partial charge in [-0.2, -0.15) is 0 Å². The van der Waals surface area contributed by atoms with E-state index in [9.17, 15) is 0 Å². The smallest absolute Gasteiger partial charge is 0.0223 e. The molecule has 32 heavy (non-hydrogen) atoms. The first-order chi connectivity index (χ1) is 15.6. The van der Waals surface area contributed by atoms with Gasteiger partial charge in [0.2, 0.25) is 0 Å². The highest BCUT2D eigenvalue weighted by Crippen LogP contribution is 2.28. The molecule has 0 nitrogen and oxygen atoms in total. The number of halogens is 1. The van der Waals surface area contributed by atoms with Gasteiger partial charge >= 0.3 is 0 Å². The van der Waals surface area contributed by atoms with Crippen molar-refractivity contribution < 1.29 is 0 Å². The predicted molar refractivity (Wildman–Crippen MR) is 147 cm³/mol. The molecule has 0 saturated heterocycles. The predicted octanol–water partition coefficient (Wildman–Crippen LogP) is 11.3. The van der Waals surface area contributed by atoms with E-state index in [1.54, 1.807) is 0 Å². The molecule has 0 aliphatic heterocycles. The summed E-state index contributed by atoms with van der Waals surface area (Å²) in [6, 6.07) is 11.0. The molecule has 0 bridgehead atoms. The molecule has 0 aromatic heterocycles. The van der Waals surface area contributed by atoms with E-state index in [0.29, 0.717) is 5.41 Å². The fourth-order valence-electron chi connectivity index (χ4n) is 4.94. The molecule has 0 saturated carbocycles. The van der Waals surface area contributed by atoms with Gasteiger partial charge < -0.3 is 0 Å². The molecular weight excluding hydrogens is 408 g/mol. The monoisotopic (exact) mass is 462 g/mol. The largest absolute Gasteiger partial charge is 0.127 e. The van der Waals surface area contributed by atoms with Crippen LogP contribution in [0.3, 0.4) is 0 Å². The molecule has 0 spiro atoms. The van der Waals surface area contributed by atoms with E-state index in [0.717, 1.165) is 5.88 Å². The minimum absolute atomic E-state index is 0.436. The highest BCUT2D eigenvalue weighted by molar-refractivity contribution is 6.17. The summed E-state index contributed by atoms with van der Waals surface area (Å²) >= 11 is 5.71. The fourth-order valence-corrected chi connectivity index (χ4v) is 5.13. The number of benzene rings is 1. The SMILES string of the molecule is CC(C)(CCCCCCCCCCCCCCCCCCCCCCl)Cc1ccccc1. The molecule has 0 radical (unpaired) electrons. The summed E-state index contributed by atoms with van der Waals surface area (Å²) in [6.45, 7) is 4.87. The molecule has 0 aliphatic carbocycles. The van der Waals surface area contributed by atoms with Gasteiger partial charge in [0.05, 0.1) is 0 Å². The van der Waals surface area contributed by atoms with Crippen LogP contribution in [0, 0.1) is 5.41 Å². The van der Waals surface area contributed by atoms with E-state index in [-0.39, 0.29) is 0 Å². The van der Waals surface area contributed by atoms with Gasteiger partial charge in [0.1, 0.15) is 0 Å². The molecule has 1 rings (SSSR count). The topological polar surface area (TPSA) is 0 Å². The summed E-state index contributed by atoms with van der Waals surface area (Å²) in [7, 11) is 0. The van der Waals surface area contributed by atoms with Gasteiger partial charge in [-0.05, 0) is 30.2 Å². The maximum absolute atomic E-state index is 5.71. The first kappa shape index (κ1) is 29.5. The summed E-state index contributed by atoms with van der Waals surface area (Å²) < 4.78 is 0. The third-order valence-corrected chi connectivity index (χ3v) is 7.28. The lowest BCUT2D eigenvalue weighted by molar-refractivity contribution is 0.316. The van der Waals surface area contributed by atoms with E-state index in [2.05, 4.69) is 44.2 Å². The molecule has 0 fully saturated rings. The molecule has 0 amide bonds. The standard InChI is InChI=1S/C31H55Cl/c1-31(2,29-30-25-21-20-22-26-30)27-23-18-16-14-12-10-8-6-4-3-5-7-9-11-13-15-17-19-24-28-32/h20-22,25-26H,3-19,23-24,27-29H2,1-2H3. The fraction of sp³-hybridized carbons (Fsp3) is 0.806. The van der Waals surface area contributed by atoms with Gasteiger partial charge in [-0.25, -0.2) is 0 Å². The van der Waals surface area contributed by atoms with Crippen molar-refractivity contribution in [1.82, 2.24) is 0 Å². The van der Waals surface area contributed by atoms with Crippen LogP contribution in [0.4, 0.5) is 0 Å². The first-order valence-corrected chi connectivity index (χ1v) is 14.8. The second-order valence-electron chi connectivity index (χ2n) is 11.0. The Labute approximate surface area is 207 Å². The molecule has 0 unspecified atom stereocenters. The average Bonchev–Trinajstić information content (AvgIpc) is 2.78. The molecule has 0 N–H and O–H groups in total. The van der Waals surface area contributed by atoms with Gasteiger partial charge in [0.15, 0.2) is 0 Å². The van der Waals surface area contributed by atoms with Crippen molar-refractivity contribution >= 4 is 11.6 Å². The van der Waals surface area contributed by atoms with Crippen LogP contribution in [0.25, 0.3) is 0 Å². The van der Waals surface area contributed by atoms with Crippen molar-refractivity contribution in [2.24, 2.45) is 5.41 Å². The molecule has 1 aromatic rings. The lowest BCUT2D eigenvalue weighted by Gasteiger charge is -2.24. The second kappa shape index (κ2) is 21.1. The highest BCUT2D eigenvalue weighted by atomic mass is 35.5. The second-order valence-corrected chi connectivity index (χ2v) is 11.4. The summed E-state index contributed by atoms with van der Waals surface area (Å²) in [5.74, 6) is 0.842. The summed E-state index contributed by atoms with van der Waals surface area (Å²) in [6.07, 6.45) is 29.7. The van der Waals surface area contributed by atoms with E-state index in [1.165, 1.54) is 140 Å². The van der Waals surface area contributed by atoms with Crippen LogP contribution in [-0.4, -0.2) is 5.88 Å². The Kier molecular flexibility index (Phi) is 19.5. The van der Waals surface area contributed by atoms with Crippen molar-refractivity contribution in [2.75, 3.05) is 5.88 Å². The molecule has 1 heteroatoms. The van der Waals surface area contributed by atoms with Crippen molar-refractivity contribution in [3.8, 4) is 0 Å². The van der Waals surface area contributed by atoms with Crippen LogP contribution in [0.2, 0.25) is 0 Å². The Morgan fingerprint density at radius 1 is 0.500 bits per heavy atom. The normalized spacial score (nSPS) is 11.8. The zero-order chi connectivity index (χ0) is 23.2. The van der Waals surface area contributed by atoms with Crippen LogP contribution in [0.1, 0.15) is 148 Å². The zero-order valence-electron chi connectivity index (χ0n) is 21.8.